The molecule has 1 N–H and O–H groups in total. The maximum atomic E-state index is 12.0. The number of hydrogen-bond acceptors (Lipinski definition) is 1. The average Bonchev–Trinajstić information content (AvgIpc) is 2.06. The maximum absolute atomic E-state index is 12.0. The molecule has 0 aromatic heterocycles. The second-order valence-corrected chi connectivity index (χ2v) is 3.67. The highest BCUT2D eigenvalue weighted by Crippen LogP contribution is 2.32. The molecule has 0 amide bonds. The van der Waals surface area contributed by atoms with Crippen LogP contribution in [0.15, 0.2) is 0 Å². The zero-order chi connectivity index (χ0) is 9.35. The third kappa shape index (κ3) is 2.66. The summed E-state index contributed by atoms with van der Waals surface area (Å²) in [5.74, 6) is -0.236. The molecular formula is C8H14F3N. The van der Waals surface area contributed by atoms with Crippen LogP contribution in [0.2, 0.25) is 0 Å². The smallest absolute Gasteiger partial charge is 0.311 e. The summed E-state index contributed by atoms with van der Waals surface area (Å²) in [7, 11) is 0. The van der Waals surface area contributed by atoms with E-state index in [0.717, 1.165) is 0 Å². The van der Waals surface area contributed by atoms with Crippen molar-refractivity contribution in [3.8, 4) is 0 Å². The van der Waals surface area contributed by atoms with Crippen LogP contribution in [0.5, 0.6) is 0 Å². The van der Waals surface area contributed by atoms with E-state index in [1.54, 1.807) is 0 Å². The minimum atomic E-state index is -4.01. The SMILES string of the molecule is C[C@@H]1CC(CC(F)(F)F)[C@H](C)N1. The van der Waals surface area contributed by atoms with Crippen LogP contribution in [-0.2, 0) is 0 Å². The first-order valence-electron chi connectivity index (χ1n) is 4.21. The molecule has 0 radical (unpaired) electrons. The van der Waals surface area contributed by atoms with Gasteiger partial charge < -0.3 is 5.32 Å². The normalized spacial score (nSPS) is 37.2. The van der Waals surface area contributed by atoms with E-state index in [2.05, 4.69) is 5.32 Å². The zero-order valence-electron chi connectivity index (χ0n) is 7.28. The largest absolute Gasteiger partial charge is 0.389 e. The van der Waals surface area contributed by atoms with E-state index >= 15 is 0 Å². The van der Waals surface area contributed by atoms with Crippen molar-refractivity contribution in [1.82, 2.24) is 5.32 Å². The Morgan fingerprint density at radius 1 is 1.33 bits per heavy atom. The summed E-state index contributed by atoms with van der Waals surface area (Å²) in [6.07, 6.45) is -4.02. The highest BCUT2D eigenvalue weighted by atomic mass is 19.4. The van der Waals surface area contributed by atoms with Gasteiger partial charge in [-0.15, -0.1) is 0 Å². The van der Waals surface area contributed by atoms with Gasteiger partial charge in [0.25, 0.3) is 0 Å². The van der Waals surface area contributed by atoms with E-state index in [1.807, 2.05) is 13.8 Å². The van der Waals surface area contributed by atoms with E-state index in [9.17, 15) is 13.2 Å². The zero-order valence-corrected chi connectivity index (χ0v) is 7.28. The van der Waals surface area contributed by atoms with E-state index < -0.39 is 12.6 Å². The van der Waals surface area contributed by atoms with Gasteiger partial charge in [0.05, 0.1) is 0 Å². The molecule has 1 saturated heterocycles. The van der Waals surface area contributed by atoms with Gasteiger partial charge in [-0.1, -0.05) is 0 Å². The molecule has 1 aliphatic rings. The maximum Gasteiger partial charge on any atom is 0.389 e. The van der Waals surface area contributed by atoms with Crippen LogP contribution in [-0.4, -0.2) is 18.3 Å². The Hall–Kier alpha value is -0.250. The molecule has 0 aromatic carbocycles. The van der Waals surface area contributed by atoms with E-state index in [0.29, 0.717) is 6.42 Å². The summed E-state index contributed by atoms with van der Waals surface area (Å²) in [5, 5.41) is 3.09. The Kier molecular flexibility index (Phi) is 2.66. The lowest BCUT2D eigenvalue weighted by molar-refractivity contribution is -0.144. The van der Waals surface area contributed by atoms with Gasteiger partial charge in [0.2, 0.25) is 0 Å². The molecule has 0 aromatic rings. The molecule has 72 valence electrons. The van der Waals surface area contributed by atoms with Crippen LogP contribution in [0.3, 0.4) is 0 Å². The van der Waals surface area contributed by atoms with Crippen molar-refractivity contribution in [2.24, 2.45) is 5.92 Å². The van der Waals surface area contributed by atoms with Gasteiger partial charge in [-0.05, 0) is 26.2 Å². The molecule has 4 heteroatoms. The minimum Gasteiger partial charge on any atom is -0.311 e. The second-order valence-electron chi connectivity index (χ2n) is 3.67. The van der Waals surface area contributed by atoms with Gasteiger partial charge in [0.1, 0.15) is 0 Å². The van der Waals surface area contributed by atoms with Crippen molar-refractivity contribution < 1.29 is 13.2 Å². The second kappa shape index (κ2) is 3.24. The van der Waals surface area contributed by atoms with Gasteiger partial charge in [-0.25, -0.2) is 0 Å². The fraction of sp³-hybridized carbons (Fsp3) is 1.00. The summed E-state index contributed by atoms with van der Waals surface area (Å²) in [6.45, 7) is 3.74. The van der Waals surface area contributed by atoms with Gasteiger partial charge in [0.15, 0.2) is 0 Å². The van der Waals surface area contributed by atoms with E-state index in [-0.39, 0.29) is 18.0 Å². The summed E-state index contributed by atoms with van der Waals surface area (Å²) in [6, 6.07) is 0.231. The quantitative estimate of drug-likeness (QED) is 0.654. The van der Waals surface area contributed by atoms with Crippen molar-refractivity contribution in [3.05, 3.63) is 0 Å². The van der Waals surface area contributed by atoms with Gasteiger partial charge >= 0.3 is 6.18 Å². The van der Waals surface area contributed by atoms with Gasteiger partial charge in [0, 0.05) is 18.5 Å². The molecule has 0 aliphatic carbocycles. The van der Waals surface area contributed by atoms with E-state index in [1.165, 1.54) is 0 Å². The molecule has 12 heavy (non-hydrogen) atoms. The number of hydrogen-bond donors (Lipinski definition) is 1. The van der Waals surface area contributed by atoms with Crippen molar-refractivity contribution >= 4 is 0 Å². The molecule has 1 rings (SSSR count). The molecule has 3 atom stereocenters. The molecule has 1 heterocycles. The van der Waals surface area contributed by atoms with Crippen LogP contribution in [0.4, 0.5) is 13.2 Å². The molecule has 0 spiro atoms. The van der Waals surface area contributed by atoms with Gasteiger partial charge in [-0.3, -0.25) is 0 Å². The molecule has 1 aliphatic heterocycles. The summed E-state index contributed by atoms with van der Waals surface area (Å²) in [5.41, 5.74) is 0. The monoisotopic (exact) mass is 181 g/mol. The van der Waals surface area contributed by atoms with Crippen LogP contribution < -0.4 is 5.32 Å². The molecular weight excluding hydrogens is 167 g/mol. The standard InChI is InChI=1S/C8H14F3N/c1-5-3-7(6(2)12-5)4-8(9,10)11/h5-7,12H,3-4H2,1-2H3/t5-,6+,7?/m1/s1. The first-order chi connectivity index (χ1) is 5.38. The highest BCUT2D eigenvalue weighted by Gasteiger charge is 2.38. The number of rotatable bonds is 1. The highest BCUT2D eigenvalue weighted by molar-refractivity contribution is 4.86. The van der Waals surface area contributed by atoms with Crippen molar-refractivity contribution in [3.63, 3.8) is 0 Å². The minimum absolute atomic E-state index is 0.00150. The third-order valence-corrected chi connectivity index (χ3v) is 2.40. The molecule has 1 nitrogen and oxygen atoms in total. The lowest BCUT2D eigenvalue weighted by atomic mass is 9.96. The lowest BCUT2D eigenvalue weighted by Gasteiger charge is -2.16. The Morgan fingerprint density at radius 3 is 2.25 bits per heavy atom. The number of alkyl halides is 3. The Morgan fingerprint density at radius 2 is 1.92 bits per heavy atom. The molecule has 1 unspecified atom stereocenters. The van der Waals surface area contributed by atoms with Gasteiger partial charge in [-0.2, -0.15) is 13.2 Å². The third-order valence-electron chi connectivity index (χ3n) is 2.40. The Bertz CT molecular complexity index is 155. The van der Waals surface area contributed by atoms with Crippen LogP contribution >= 0.6 is 0 Å². The van der Waals surface area contributed by atoms with Crippen LogP contribution in [0.25, 0.3) is 0 Å². The Balaban J connectivity index is 2.43. The fourth-order valence-corrected chi connectivity index (χ4v) is 1.87. The molecule has 0 bridgehead atoms. The summed E-state index contributed by atoms with van der Waals surface area (Å²) < 4.78 is 35.9. The Labute approximate surface area is 70.3 Å². The first-order valence-corrected chi connectivity index (χ1v) is 4.21. The number of nitrogens with one attached hydrogen (secondary N) is 1. The topological polar surface area (TPSA) is 12.0 Å². The summed E-state index contributed by atoms with van der Waals surface area (Å²) >= 11 is 0. The van der Waals surface area contributed by atoms with E-state index in [4.69, 9.17) is 0 Å². The predicted octanol–water partition coefficient (Wildman–Crippen LogP) is 2.33. The van der Waals surface area contributed by atoms with Crippen molar-refractivity contribution in [2.75, 3.05) is 0 Å². The predicted molar refractivity (Wildman–Crippen MR) is 40.8 cm³/mol. The fourth-order valence-electron chi connectivity index (χ4n) is 1.87. The van der Waals surface area contributed by atoms with Crippen LogP contribution in [0.1, 0.15) is 26.7 Å². The first kappa shape index (κ1) is 9.84. The average molecular weight is 181 g/mol. The summed E-state index contributed by atoms with van der Waals surface area (Å²) in [4.78, 5) is 0. The molecule has 1 fully saturated rings. The molecule has 0 saturated carbocycles. The van der Waals surface area contributed by atoms with Crippen LogP contribution in [0, 0.1) is 5.92 Å². The number of halogens is 3. The lowest BCUT2D eigenvalue weighted by Crippen LogP contribution is -2.28. The van der Waals surface area contributed by atoms with Crippen molar-refractivity contribution in [1.29, 1.82) is 0 Å². The van der Waals surface area contributed by atoms with Crippen molar-refractivity contribution in [2.45, 2.75) is 44.9 Å².